The van der Waals surface area contributed by atoms with Crippen molar-refractivity contribution in [1.82, 2.24) is 0 Å². The monoisotopic (exact) mass is 355 g/mol. The predicted molar refractivity (Wildman–Crippen MR) is 85.6 cm³/mol. The summed E-state index contributed by atoms with van der Waals surface area (Å²) in [4.78, 5) is 21.4. The Bertz CT molecular complexity index is 723. The van der Waals surface area contributed by atoms with Crippen molar-refractivity contribution in [3.05, 3.63) is 56.6 Å². The summed E-state index contributed by atoms with van der Waals surface area (Å²) in [7, 11) is 0. The van der Waals surface area contributed by atoms with Crippen LogP contribution in [0.15, 0.2) is 36.4 Å². The van der Waals surface area contributed by atoms with Crippen LogP contribution < -0.4 is 9.47 Å². The fraction of sp³-hybridized carbons (Fsp3) is 0.133. The van der Waals surface area contributed by atoms with Gasteiger partial charge in [-0.05, 0) is 12.1 Å². The van der Waals surface area contributed by atoms with E-state index in [9.17, 15) is 14.9 Å². The van der Waals surface area contributed by atoms with Crippen LogP contribution >= 0.6 is 23.2 Å². The molecule has 0 amide bonds. The van der Waals surface area contributed by atoms with Crippen molar-refractivity contribution in [2.24, 2.45) is 0 Å². The fourth-order valence-corrected chi connectivity index (χ4v) is 2.19. The smallest absolute Gasteiger partial charge is 0.310 e. The molecule has 0 spiro atoms. The molecule has 2 aromatic carbocycles. The maximum Gasteiger partial charge on any atom is 0.310 e. The SMILES string of the molecule is CCC(=O)Oc1cc(Cl)c(Oc2ccc([N+](=O)[O-])cc2)c(Cl)c1. The number of non-ortho nitro benzene ring substituents is 1. The number of nitro groups is 1. The first-order chi connectivity index (χ1) is 10.9. The molecule has 0 N–H and O–H groups in total. The van der Waals surface area contributed by atoms with Gasteiger partial charge in [0.25, 0.3) is 5.69 Å². The minimum Gasteiger partial charge on any atom is -0.454 e. The fourth-order valence-electron chi connectivity index (χ4n) is 1.65. The molecular weight excluding hydrogens is 345 g/mol. The molecule has 0 aliphatic heterocycles. The highest BCUT2D eigenvalue weighted by atomic mass is 35.5. The normalized spacial score (nSPS) is 10.2. The van der Waals surface area contributed by atoms with E-state index >= 15 is 0 Å². The minimum absolute atomic E-state index is 0.0589. The zero-order valence-electron chi connectivity index (χ0n) is 11.9. The van der Waals surface area contributed by atoms with Crippen LogP contribution in [0.5, 0.6) is 17.2 Å². The Morgan fingerprint density at radius 2 is 1.70 bits per heavy atom. The van der Waals surface area contributed by atoms with Gasteiger partial charge in [0.05, 0.1) is 15.0 Å². The van der Waals surface area contributed by atoms with Crippen molar-refractivity contribution in [3.63, 3.8) is 0 Å². The van der Waals surface area contributed by atoms with Crippen molar-refractivity contribution in [2.45, 2.75) is 13.3 Å². The lowest BCUT2D eigenvalue weighted by atomic mass is 10.3. The molecule has 0 unspecified atom stereocenters. The third-order valence-electron chi connectivity index (χ3n) is 2.76. The van der Waals surface area contributed by atoms with Crippen LogP contribution in [0, 0.1) is 10.1 Å². The summed E-state index contributed by atoms with van der Waals surface area (Å²) in [5.74, 6) is 0.292. The number of rotatable bonds is 5. The standard InChI is InChI=1S/C15H11Cl2NO5/c1-2-14(19)22-11-7-12(16)15(13(17)8-11)23-10-5-3-9(4-6-10)18(20)21/h3-8H,2H2,1H3. The first kappa shape index (κ1) is 17.1. The van der Waals surface area contributed by atoms with Crippen molar-refractivity contribution in [1.29, 1.82) is 0 Å². The lowest BCUT2D eigenvalue weighted by molar-refractivity contribution is -0.384. The predicted octanol–water partition coefficient (Wildman–Crippen LogP) is 5.01. The third kappa shape index (κ3) is 4.34. The molecule has 0 aromatic heterocycles. The molecule has 2 rings (SSSR count). The molecule has 0 fully saturated rings. The molecule has 0 heterocycles. The molecule has 23 heavy (non-hydrogen) atoms. The van der Waals surface area contributed by atoms with E-state index in [1.807, 2.05) is 0 Å². The average molecular weight is 356 g/mol. The zero-order valence-corrected chi connectivity index (χ0v) is 13.4. The maximum absolute atomic E-state index is 11.3. The van der Waals surface area contributed by atoms with Crippen LogP contribution in [-0.4, -0.2) is 10.9 Å². The summed E-state index contributed by atoms with van der Waals surface area (Å²) in [5, 5.41) is 10.9. The summed E-state index contributed by atoms with van der Waals surface area (Å²) >= 11 is 12.2. The lowest BCUT2D eigenvalue weighted by Gasteiger charge is -2.11. The van der Waals surface area contributed by atoms with Gasteiger partial charge in [-0.15, -0.1) is 0 Å². The highest BCUT2D eigenvalue weighted by molar-refractivity contribution is 6.37. The lowest BCUT2D eigenvalue weighted by Crippen LogP contribution is -2.05. The number of carbonyl (C=O) groups excluding carboxylic acids is 1. The van der Waals surface area contributed by atoms with E-state index in [1.165, 1.54) is 36.4 Å². The van der Waals surface area contributed by atoms with Crippen LogP contribution in [0.1, 0.15) is 13.3 Å². The largest absolute Gasteiger partial charge is 0.454 e. The zero-order chi connectivity index (χ0) is 17.0. The molecule has 0 saturated carbocycles. The van der Waals surface area contributed by atoms with Crippen molar-refractivity contribution >= 4 is 34.9 Å². The molecule has 2 aromatic rings. The van der Waals surface area contributed by atoms with E-state index in [2.05, 4.69) is 0 Å². The molecule has 120 valence electrons. The van der Waals surface area contributed by atoms with E-state index in [-0.39, 0.29) is 33.7 Å². The number of esters is 1. The first-order valence-corrected chi connectivity index (χ1v) is 7.28. The van der Waals surface area contributed by atoms with Crippen LogP contribution in [0.25, 0.3) is 0 Å². The van der Waals surface area contributed by atoms with Crippen LogP contribution in [-0.2, 0) is 4.79 Å². The molecule has 0 saturated heterocycles. The topological polar surface area (TPSA) is 78.7 Å². The molecule has 8 heteroatoms. The van der Waals surface area contributed by atoms with E-state index in [1.54, 1.807) is 6.92 Å². The summed E-state index contributed by atoms with van der Waals surface area (Å²) in [6.45, 7) is 1.66. The molecule has 6 nitrogen and oxygen atoms in total. The molecule has 0 atom stereocenters. The number of carbonyl (C=O) groups is 1. The van der Waals surface area contributed by atoms with Gasteiger partial charge >= 0.3 is 5.97 Å². The third-order valence-corrected chi connectivity index (χ3v) is 3.32. The highest BCUT2D eigenvalue weighted by Crippen LogP contribution is 2.39. The van der Waals surface area contributed by atoms with Gasteiger partial charge in [-0.3, -0.25) is 14.9 Å². The second-order valence-corrected chi connectivity index (χ2v) is 5.21. The number of hydrogen-bond donors (Lipinski definition) is 0. The number of benzene rings is 2. The van der Waals surface area contributed by atoms with E-state index < -0.39 is 10.9 Å². The van der Waals surface area contributed by atoms with Crippen LogP contribution in [0.2, 0.25) is 10.0 Å². The number of ether oxygens (including phenoxy) is 2. The maximum atomic E-state index is 11.3. The van der Waals surface area contributed by atoms with Gasteiger partial charge in [0, 0.05) is 30.7 Å². The number of nitro benzene ring substituents is 1. The summed E-state index contributed by atoms with van der Waals surface area (Å²) in [5.41, 5.74) is -0.0589. The molecular formula is C15H11Cl2NO5. The summed E-state index contributed by atoms with van der Waals surface area (Å²) < 4.78 is 10.6. The summed E-state index contributed by atoms with van der Waals surface area (Å²) in [6, 6.07) is 8.26. The van der Waals surface area contributed by atoms with Gasteiger partial charge in [0.2, 0.25) is 0 Å². The van der Waals surface area contributed by atoms with Gasteiger partial charge in [-0.1, -0.05) is 30.1 Å². The van der Waals surface area contributed by atoms with Crippen molar-refractivity contribution < 1.29 is 19.2 Å². The Balaban J connectivity index is 2.23. The highest BCUT2D eigenvalue weighted by Gasteiger charge is 2.14. The average Bonchev–Trinajstić information content (AvgIpc) is 2.51. The van der Waals surface area contributed by atoms with E-state index in [4.69, 9.17) is 32.7 Å². The molecule has 0 bridgehead atoms. The first-order valence-electron chi connectivity index (χ1n) is 6.52. The summed E-state index contributed by atoms with van der Waals surface area (Å²) in [6.07, 6.45) is 0.219. The van der Waals surface area contributed by atoms with Gasteiger partial charge in [-0.2, -0.15) is 0 Å². The molecule has 0 aliphatic carbocycles. The second kappa shape index (κ2) is 7.30. The quantitative estimate of drug-likeness (QED) is 0.326. The Hall–Kier alpha value is -2.31. The molecule has 0 aliphatic rings. The second-order valence-electron chi connectivity index (χ2n) is 4.40. The molecule has 0 radical (unpaired) electrons. The van der Waals surface area contributed by atoms with Gasteiger partial charge < -0.3 is 9.47 Å². The Kier molecular flexibility index (Phi) is 5.41. The van der Waals surface area contributed by atoms with Gasteiger partial charge in [0.15, 0.2) is 5.75 Å². The van der Waals surface area contributed by atoms with Gasteiger partial charge in [-0.25, -0.2) is 0 Å². The van der Waals surface area contributed by atoms with E-state index in [0.717, 1.165) is 0 Å². The Morgan fingerprint density at radius 3 is 2.17 bits per heavy atom. The van der Waals surface area contributed by atoms with Crippen LogP contribution in [0.3, 0.4) is 0 Å². The Morgan fingerprint density at radius 1 is 1.13 bits per heavy atom. The van der Waals surface area contributed by atoms with Crippen molar-refractivity contribution in [3.8, 4) is 17.2 Å². The Labute approximate surface area is 141 Å². The van der Waals surface area contributed by atoms with E-state index in [0.29, 0.717) is 5.75 Å². The minimum atomic E-state index is -0.513. The van der Waals surface area contributed by atoms with Crippen molar-refractivity contribution in [2.75, 3.05) is 0 Å². The number of hydrogen-bond acceptors (Lipinski definition) is 5. The number of halogens is 2. The van der Waals surface area contributed by atoms with Crippen LogP contribution in [0.4, 0.5) is 5.69 Å². The van der Waals surface area contributed by atoms with Gasteiger partial charge in [0.1, 0.15) is 11.5 Å². The number of nitrogens with zero attached hydrogens (tertiary/aromatic N) is 1.